The highest BCUT2D eigenvalue weighted by Gasteiger charge is 2.29. The molecule has 1 unspecified atom stereocenters. The molecule has 1 aliphatic heterocycles. The molecule has 0 spiro atoms. The van der Waals surface area contributed by atoms with E-state index in [2.05, 4.69) is 25.7 Å². The number of aromatic nitrogens is 5. The Morgan fingerprint density at radius 2 is 2.03 bits per heavy atom. The van der Waals surface area contributed by atoms with Crippen LogP contribution in [0.2, 0.25) is 10.0 Å². The van der Waals surface area contributed by atoms with Crippen molar-refractivity contribution in [1.29, 1.82) is 0 Å². The Hall–Kier alpha value is -3.89. The first-order valence-corrected chi connectivity index (χ1v) is 11.6. The summed E-state index contributed by atoms with van der Waals surface area (Å²) in [7, 11) is 0. The second kappa shape index (κ2) is 8.40. The standard InChI is InChI=1S/C23H18Cl2N8O2/c24-16-7-12(13-2-4-18-30-28-11-33(18)9-13)1-3-15(16)23(34)29-14-5-6-32(10-14)22-20-19(17(25)8-27-22)21(26)31-35-20/h1-4,7-9,11,14H,5-6,10H2,(H2,26,31)(H,29,34). The first kappa shape index (κ1) is 21.6. The summed E-state index contributed by atoms with van der Waals surface area (Å²) in [5, 5.41) is 16.1. The number of anilines is 2. The Labute approximate surface area is 208 Å². The van der Waals surface area contributed by atoms with Gasteiger partial charge in [-0.3, -0.25) is 9.20 Å². The third-order valence-electron chi connectivity index (χ3n) is 6.12. The first-order valence-electron chi connectivity index (χ1n) is 10.8. The zero-order valence-corrected chi connectivity index (χ0v) is 19.7. The number of halogens is 2. The Balaban J connectivity index is 1.17. The minimum atomic E-state index is -0.235. The molecule has 12 heteroatoms. The molecule has 1 fully saturated rings. The topological polar surface area (TPSA) is 127 Å². The molecule has 5 heterocycles. The van der Waals surface area contributed by atoms with Crippen molar-refractivity contribution in [3.05, 3.63) is 64.7 Å². The molecule has 6 rings (SSSR count). The monoisotopic (exact) mass is 508 g/mol. The summed E-state index contributed by atoms with van der Waals surface area (Å²) in [5.41, 5.74) is 9.30. The maximum atomic E-state index is 13.0. The van der Waals surface area contributed by atoms with E-state index >= 15 is 0 Å². The number of benzene rings is 1. The van der Waals surface area contributed by atoms with E-state index in [1.165, 1.54) is 6.20 Å². The molecule has 1 atom stereocenters. The van der Waals surface area contributed by atoms with Crippen molar-refractivity contribution in [3.63, 3.8) is 0 Å². The van der Waals surface area contributed by atoms with E-state index in [0.717, 1.165) is 23.2 Å². The minimum Gasteiger partial charge on any atom is -0.380 e. The molecular formula is C23H18Cl2N8O2. The number of fused-ring (bicyclic) bond motifs is 2. The molecule has 0 aliphatic carbocycles. The van der Waals surface area contributed by atoms with Crippen molar-refractivity contribution in [3.8, 4) is 11.1 Å². The lowest BCUT2D eigenvalue weighted by Crippen LogP contribution is -2.37. The van der Waals surface area contributed by atoms with Gasteiger partial charge in [0.15, 0.2) is 17.3 Å². The Bertz CT molecular complexity index is 1600. The molecule has 0 radical (unpaired) electrons. The lowest BCUT2D eigenvalue weighted by molar-refractivity contribution is 0.0940. The van der Waals surface area contributed by atoms with Gasteiger partial charge in [0.05, 0.1) is 21.0 Å². The van der Waals surface area contributed by atoms with Crippen LogP contribution in [0.1, 0.15) is 16.8 Å². The van der Waals surface area contributed by atoms with Gasteiger partial charge >= 0.3 is 0 Å². The average Bonchev–Trinajstić information content (AvgIpc) is 3.59. The largest absolute Gasteiger partial charge is 0.380 e. The average molecular weight is 509 g/mol. The summed E-state index contributed by atoms with van der Waals surface area (Å²) in [5.74, 6) is 0.580. The minimum absolute atomic E-state index is 0.0952. The van der Waals surface area contributed by atoms with Crippen LogP contribution in [0.3, 0.4) is 0 Å². The highest BCUT2D eigenvalue weighted by atomic mass is 35.5. The van der Waals surface area contributed by atoms with Gasteiger partial charge in [-0.15, -0.1) is 10.2 Å². The van der Waals surface area contributed by atoms with E-state index < -0.39 is 0 Å². The fraction of sp³-hybridized carbons (Fsp3) is 0.174. The summed E-state index contributed by atoms with van der Waals surface area (Å²) in [6.45, 7) is 1.22. The maximum Gasteiger partial charge on any atom is 0.253 e. The number of amides is 1. The van der Waals surface area contributed by atoms with Crippen molar-refractivity contribution >= 4 is 57.4 Å². The Morgan fingerprint density at radius 3 is 2.89 bits per heavy atom. The molecule has 4 aromatic heterocycles. The van der Waals surface area contributed by atoms with E-state index in [0.29, 0.717) is 45.5 Å². The SMILES string of the molecule is Nc1noc2c(N3CCC(NC(=O)c4ccc(-c5ccc6nncn6c5)cc4Cl)C3)ncc(Cl)c12. The highest BCUT2D eigenvalue weighted by molar-refractivity contribution is 6.36. The number of hydrogen-bond donors (Lipinski definition) is 2. The second-order valence-electron chi connectivity index (χ2n) is 8.32. The second-order valence-corrected chi connectivity index (χ2v) is 9.13. The van der Waals surface area contributed by atoms with Crippen molar-refractivity contribution in [2.45, 2.75) is 12.5 Å². The normalized spacial score (nSPS) is 15.8. The van der Waals surface area contributed by atoms with E-state index in [1.807, 2.05) is 33.7 Å². The van der Waals surface area contributed by atoms with Gasteiger partial charge in [-0.2, -0.15) is 0 Å². The van der Waals surface area contributed by atoms with E-state index in [1.54, 1.807) is 18.5 Å². The Kier molecular flexibility index (Phi) is 5.19. The van der Waals surface area contributed by atoms with Gasteiger partial charge in [-0.25, -0.2) is 4.98 Å². The number of nitrogens with one attached hydrogen (secondary N) is 1. The first-order chi connectivity index (χ1) is 17.0. The van der Waals surface area contributed by atoms with Crippen molar-refractivity contribution < 1.29 is 9.32 Å². The third kappa shape index (κ3) is 3.80. The fourth-order valence-corrected chi connectivity index (χ4v) is 4.86. The van der Waals surface area contributed by atoms with Crippen LogP contribution < -0.4 is 16.0 Å². The van der Waals surface area contributed by atoms with Gasteiger partial charge in [0, 0.05) is 31.5 Å². The molecule has 35 heavy (non-hydrogen) atoms. The molecule has 3 N–H and O–H groups in total. The number of hydrogen-bond acceptors (Lipinski definition) is 8. The van der Waals surface area contributed by atoms with Crippen LogP contribution in [0.4, 0.5) is 11.6 Å². The van der Waals surface area contributed by atoms with Crippen LogP contribution in [0.5, 0.6) is 0 Å². The van der Waals surface area contributed by atoms with Crippen LogP contribution in [-0.2, 0) is 0 Å². The quantitative estimate of drug-likeness (QED) is 0.374. The Morgan fingerprint density at radius 1 is 1.17 bits per heavy atom. The molecule has 1 amide bonds. The predicted molar refractivity (Wildman–Crippen MR) is 133 cm³/mol. The zero-order chi connectivity index (χ0) is 24.1. The predicted octanol–water partition coefficient (Wildman–Crippen LogP) is 3.83. The van der Waals surface area contributed by atoms with Crippen LogP contribution in [0.25, 0.3) is 27.7 Å². The number of nitrogen functional groups attached to an aromatic ring is 1. The summed E-state index contributed by atoms with van der Waals surface area (Å²) in [4.78, 5) is 19.4. The molecule has 0 saturated carbocycles. The molecule has 0 bridgehead atoms. The lowest BCUT2D eigenvalue weighted by atomic mass is 10.0. The number of pyridine rings is 2. The fourth-order valence-electron chi connectivity index (χ4n) is 4.36. The van der Waals surface area contributed by atoms with E-state index in [9.17, 15) is 4.79 Å². The van der Waals surface area contributed by atoms with Crippen LogP contribution >= 0.6 is 23.2 Å². The molecular weight excluding hydrogens is 491 g/mol. The summed E-state index contributed by atoms with van der Waals surface area (Å²) < 4.78 is 7.19. The summed E-state index contributed by atoms with van der Waals surface area (Å²) in [6.07, 6.45) is 5.81. The van der Waals surface area contributed by atoms with Crippen molar-refractivity contribution in [2.24, 2.45) is 0 Å². The number of nitrogens with two attached hydrogens (primary N) is 1. The van der Waals surface area contributed by atoms with Gasteiger partial charge in [0.1, 0.15) is 6.33 Å². The maximum absolute atomic E-state index is 13.0. The highest BCUT2D eigenvalue weighted by Crippen LogP contribution is 2.35. The van der Waals surface area contributed by atoms with E-state index in [4.69, 9.17) is 33.5 Å². The molecule has 1 aromatic carbocycles. The third-order valence-corrected chi connectivity index (χ3v) is 6.72. The number of nitrogens with zero attached hydrogens (tertiary/aromatic N) is 6. The smallest absolute Gasteiger partial charge is 0.253 e. The summed E-state index contributed by atoms with van der Waals surface area (Å²) >= 11 is 12.7. The summed E-state index contributed by atoms with van der Waals surface area (Å²) in [6, 6.07) is 9.10. The van der Waals surface area contributed by atoms with Gasteiger partial charge in [0.25, 0.3) is 5.91 Å². The molecule has 176 valence electrons. The van der Waals surface area contributed by atoms with Gasteiger partial charge in [-0.1, -0.05) is 34.4 Å². The molecule has 10 nitrogen and oxygen atoms in total. The number of carbonyl (C=O) groups is 1. The van der Waals surface area contributed by atoms with Gasteiger partial charge in [0.2, 0.25) is 5.58 Å². The molecule has 1 aliphatic rings. The van der Waals surface area contributed by atoms with Gasteiger partial charge in [-0.05, 0) is 41.8 Å². The number of rotatable bonds is 4. The van der Waals surface area contributed by atoms with Crippen LogP contribution in [0, 0.1) is 0 Å². The lowest BCUT2D eigenvalue weighted by Gasteiger charge is -2.18. The zero-order valence-electron chi connectivity index (χ0n) is 18.2. The van der Waals surface area contributed by atoms with Crippen LogP contribution in [-0.4, -0.2) is 49.8 Å². The van der Waals surface area contributed by atoms with Crippen LogP contribution in [0.15, 0.2) is 53.6 Å². The van der Waals surface area contributed by atoms with Crippen molar-refractivity contribution in [2.75, 3.05) is 23.7 Å². The van der Waals surface area contributed by atoms with E-state index in [-0.39, 0.29) is 17.8 Å². The molecule has 5 aromatic rings. The van der Waals surface area contributed by atoms with Gasteiger partial charge < -0.3 is 20.5 Å². The number of carbonyl (C=O) groups excluding carboxylic acids is 1. The van der Waals surface area contributed by atoms with Crippen molar-refractivity contribution in [1.82, 2.24) is 30.1 Å². The molecule has 1 saturated heterocycles.